The summed E-state index contributed by atoms with van der Waals surface area (Å²) in [5.74, 6) is -1.30. The van der Waals surface area contributed by atoms with Crippen LogP contribution in [0.3, 0.4) is 0 Å². The van der Waals surface area contributed by atoms with Gasteiger partial charge in [0.15, 0.2) is 0 Å². The maximum Gasteiger partial charge on any atom is 0.310 e. The van der Waals surface area contributed by atoms with E-state index in [0.717, 1.165) is 4.31 Å². The molecule has 0 bridgehead atoms. The fraction of sp³-hybridized carbons (Fsp3) is 0.611. The molecule has 9 nitrogen and oxygen atoms in total. The number of rotatable bonds is 8. The van der Waals surface area contributed by atoms with Crippen molar-refractivity contribution in [1.29, 1.82) is 0 Å². The Balaban J connectivity index is 2.28. The molecule has 0 spiro atoms. The van der Waals surface area contributed by atoms with E-state index in [4.69, 9.17) is 4.74 Å². The smallest absolute Gasteiger partial charge is 0.310 e. The van der Waals surface area contributed by atoms with Crippen LogP contribution in [0.4, 0.5) is 0 Å². The summed E-state index contributed by atoms with van der Waals surface area (Å²) in [6.07, 6.45) is -0.860. The van der Waals surface area contributed by atoms with Crippen LogP contribution >= 0.6 is 0 Å². The zero-order valence-corrected chi connectivity index (χ0v) is 18.4. The lowest BCUT2D eigenvalue weighted by molar-refractivity contribution is -0.150. The molecule has 2 atom stereocenters. The number of carbonyl (C=O) groups excluding carboxylic acids is 1. The van der Waals surface area contributed by atoms with Crippen LogP contribution in [0.15, 0.2) is 34.1 Å². The van der Waals surface area contributed by atoms with Crippen LogP contribution in [0.1, 0.15) is 27.2 Å². The largest absolute Gasteiger partial charge is 0.466 e. The zero-order chi connectivity index (χ0) is 21.8. The summed E-state index contributed by atoms with van der Waals surface area (Å²) in [6.45, 7) is 5.64. The Labute approximate surface area is 172 Å². The predicted octanol–water partition coefficient (Wildman–Crippen LogP) is 0.652. The minimum atomic E-state index is -4.01. The number of esters is 1. The van der Waals surface area contributed by atoms with Gasteiger partial charge >= 0.3 is 5.97 Å². The van der Waals surface area contributed by atoms with E-state index in [-0.39, 0.29) is 35.9 Å². The number of piperidine rings is 1. The highest BCUT2D eigenvalue weighted by Gasteiger charge is 2.38. The normalized spacial score (nSPS) is 21.3. The third-order valence-electron chi connectivity index (χ3n) is 4.82. The third-order valence-corrected chi connectivity index (χ3v) is 8.73. The third kappa shape index (κ3) is 5.15. The van der Waals surface area contributed by atoms with Crippen molar-refractivity contribution in [2.45, 2.75) is 43.1 Å². The maximum absolute atomic E-state index is 13.0. The lowest BCUT2D eigenvalue weighted by Gasteiger charge is -2.33. The molecule has 1 N–H and O–H groups in total. The first kappa shape index (κ1) is 23.7. The molecule has 164 valence electrons. The van der Waals surface area contributed by atoms with Crippen molar-refractivity contribution in [2.24, 2.45) is 5.92 Å². The van der Waals surface area contributed by atoms with E-state index in [9.17, 15) is 26.7 Å². The first-order valence-electron chi connectivity index (χ1n) is 9.52. The molecule has 0 aromatic heterocycles. The summed E-state index contributed by atoms with van der Waals surface area (Å²) >= 11 is 0. The van der Waals surface area contributed by atoms with E-state index in [1.807, 2.05) is 0 Å². The minimum Gasteiger partial charge on any atom is -0.466 e. The van der Waals surface area contributed by atoms with Gasteiger partial charge in [-0.1, -0.05) is 13.8 Å². The molecule has 0 radical (unpaired) electrons. The molecule has 1 aliphatic rings. The highest BCUT2D eigenvalue weighted by molar-refractivity contribution is 7.89. The number of carbonyl (C=O) groups is 1. The number of ether oxygens (including phenoxy) is 1. The molecular weight excluding hydrogens is 420 g/mol. The van der Waals surface area contributed by atoms with Gasteiger partial charge in [0, 0.05) is 26.2 Å². The molecule has 1 aromatic rings. The van der Waals surface area contributed by atoms with Crippen molar-refractivity contribution in [3.63, 3.8) is 0 Å². The van der Waals surface area contributed by atoms with Crippen LogP contribution in [-0.4, -0.2) is 75.4 Å². The molecule has 29 heavy (non-hydrogen) atoms. The molecule has 0 saturated carbocycles. The molecular formula is C18H28N2O7S2. The van der Waals surface area contributed by atoms with E-state index in [0.29, 0.717) is 13.1 Å². The van der Waals surface area contributed by atoms with Crippen LogP contribution in [0, 0.1) is 5.92 Å². The molecule has 0 amide bonds. The van der Waals surface area contributed by atoms with Crippen LogP contribution < -0.4 is 0 Å². The Morgan fingerprint density at radius 3 is 2.14 bits per heavy atom. The molecule has 11 heteroatoms. The molecule has 1 heterocycles. The topological polar surface area (TPSA) is 121 Å². The van der Waals surface area contributed by atoms with Crippen molar-refractivity contribution in [1.82, 2.24) is 8.61 Å². The SMILES string of the molecule is CCOC(=O)[C@@H]1C[C@H](O)CN(S(=O)(=O)c2ccc(S(=O)(=O)N(CC)CC)cc2)C1. The molecule has 1 fully saturated rings. The second-order valence-corrected chi connectivity index (χ2v) is 10.6. The van der Waals surface area contributed by atoms with Gasteiger partial charge in [0.1, 0.15) is 0 Å². The number of nitrogens with zero attached hydrogens (tertiary/aromatic N) is 2. The Hall–Kier alpha value is -1.53. The number of β-amino-alcohol motifs (C(OH)–C–C–N with tert-alkyl or cyclic N) is 1. The first-order chi connectivity index (χ1) is 13.6. The van der Waals surface area contributed by atoms with E-state index >= 15 is 0 Å². The second-order valence-electron chi connectivity index (χ2n) is 6.72. The summed E-state index contributed by atoms with van der Waals surface area (Å²) in [5.41, 5.74) is 0. The van der Waals surface area contributed by atoms with Crippen LogP contribution in [0.2, 0.25) is 0 Å². The van der Waals surface area contributed by atoms with Gasteiger partial charge in [0.05, 0.1) is 28.4 Å². The van der Waals surface area contributed by atoms with Crippen LogP contribution in [-0.2, 0) is 29.6 Å². The average Bonchev–Trinajstić information content (AvgIpc) is 2.68. The monoisotopic (exact) mass is 448 g/mol. The number of aliphatic hydroxyl groups excluding tert-OH is 1. The lowest BCUT2D eigenvalue weighted by atomic mass is 9.98. The van der Waals surface area contributed by atoms with E-state index in [1.165, 1.54) is 28.6 Å². The van der Waals surface area contributed by atoms with Gasteiger partial charge in [-0.3, -0.25) is 4.79 Å². The molecule has 2 rings (SSSR count). The number of hydrogen-bond acceptors (Lipinski definition) is 7. The quantitative estimate of drug-likeness (QED) is 0.580. The molecule has 1 aliphatic heterocycles. The fourth-order valence-corrected chi connectivity index (χ4v) is 6.29. The van der Waals surface area contributed by atoms with Crippen LogP contribution in [0.5, 0.6) is 0 Å². The van der Waals surface area contributed by atoms with Gasteiger partial charge in [0.25, 0.3) is 0 Å². The Kier molecular flexibility index (Phi) is 7.80. The Bertz CT molecular complexity index is 910. The number of hydrogen-bond donors (Lipinski definition) is 1. The molecule has 0 aliphatic carbocycles. The summed E-state index contributed by atoms with van der Waals surface area (Å²) in [4.78, 5) is 11.9. The van der Waals surface area contributed by atoms with Crippen molar-refractivity contribution in [3.05, 3.63) is 24.3 Å². The van der Waals surface area contributed by atoms with Crippen molar-refractivity contribution >= 4 is 26.0 Å². The average molecular weight is 449 g/mol. The Morgan fingerprint density at radius 1 is 1.07 bits per heavy atom. The number of benzene rings is 1. The van der Waals surface area contributed by atoms with Crippen molar-refractivity contribution in [3.8, 4) is 0 Å². The van der Waals surface area contributed by atoms with Crippen molar-refractivity contribution in [2.75, 3.05) is 32.8 Å². The van der Waals surface area contributed by atoms with Gasteiger partial charge in [-0.15, -0.1) is 0 Å². The first-order valence-corrected chi connectivity index (χ1v) is 12.4. The van der Waals surface area contributed by atoms with E-state index in [2.05, 4.69) is 0 Å². The number of aliphatic hydroxyl groups is 1. The Morgan fingerprint density at radius 2 is 1.62 bits per heavy atom. The van der Waals surface area contributed by atoms with Gasteiger partial charge in [-0.2, -0.15) is 8.61 Å². The highest BCUT2D eigenvalue weighted by atomic mass is 32.2. The fourth-order valence-electron chi connectivity index (χ4n) is 3.31. The zero-order valence-electron chi connectivity index (χ0n) is 16.8. The second kappa shape index (κ2) is 9.52. The van der Waals surface area contributed by atoms with Crippen LogP contribution in [0.25, 0.3) is 0 Å². The molecule has 0 unspecified atom stereocenters. The van der Waals surface area contributed by atoms with Gasteiger partial charge in [0.2, 0.25) is 20.0 Å². The molecule has 1 saturated heterocycles. The standard InChI is InChI=1S/C18H28N2O7S2/c1-4-19(5-2)28(23,24)16-7-9-17(10-8-16)29(25,26)20-12-14(11-15(21)13-20)18(22)27-6-3/h7-10,14-15,21H,4-6,11-13H2,1-3H3/t14-,15+/m1/s1. The minimum absolute atomic E-state index is 0.00299. The van der Waals surface area contributed by atoms with E-state index in [1.54, 1.807) is 20.8 Å². The predicted molar refractivity (Wildman–Crippen MR) is 106 cm³/mol. The highest BCUT2D eigenvalue weighted by Crippen LogP contribution is 2.26. The number of sulfonamides is 2. The van der Waals surface area contributed by atoms with Gasteiger partial charge in [-0.05, 0) is 37.6 Å². The van der Waals surface area contributed by atoms with Crippen molar-refractivity contribution < 1.29 is 31.5 Å². The summed E-state index contributed by atoms with van der Waals surface area (Å²) in [7, 11) is -7.71. The van der Waals surface area contributed by atoms with Gasteiger partial charge in [-0.25, -0.2) is 16.8 Å². The molecule has 1 aromatic carbocycles. The summed E-state index contributed by atoms with van der Waals surface area (Å²) < 4.78 is 58.3. The lowest BCUT2D eigenvalue weighted by Crippen LogP contribution is -2.48. The van der Waals surface area contributed by atoms with E-state index < -0.39 is 38.0 Å². The maximum atomic E-state index is 13.0. The summed E-state index contributed by atoms with van der Waals surface area (Å²) in [5, 5.41) is 10.0. The van der Waals surface area contributed by atoms with Gasteiger partial charge < -0.3 is 9.84 Å². The summed E-state index contributed by atoms with van der Waals surface area (Å²) in [6, 6.07) is 4.96.